The first-order valence-electron chi connectivity index (χ1n) is 8.36. The van der Waals surface area contributed by atoms with E-state index in [1.165, 1.54) is 5.56 Å². The fourth-order valence-electron chi connectivity index (χ4n) is 2.95. The van der Waals surface area contributed by atoms with Crippen LogP contribution in [0.25, 0.3) is 0 Å². The van der Waals surface area contributed by atoms with Crippen molar-refractivity contribution in [2.75, 3.05) is 32.8 Å². The van der Waals surface area contributed by atoms with Crippen molar-refractivity contribution in [3.05, 3.63) is 66.0 Å². The van der Waals surface area contributed by atoms with E-state index in [0.717, 1.165) is 25.1 Å². The van der Waals surface area contributed by atoms with Gasteiger partial charge in [0.15, 0.2) is 0 Å². The molecular formula is C19H23N3O2. The van der Waals surface area contributed by atoms with Gasteiger partial charge in [0.2, 0.25) is 5.91 Å². The molecule has 2 aromatic rings. The first-order chi connectivity index (χ1) is 11.8. The molecule has 0 bridgehead atoms. The van der Waals surface area contributed by atoms with Crippen LogP contribution in [-0.2, 0) is 16.0 Å². The molecule has 5 heteroatoms. The van der Waals surface area contributed by atoms with Crippen LogP contribution in [0.4, 0.5) is 0 Å². The largest absolute Gasteiger partial charge is 0.371 e. The van der Waals surface area contributed by atoms with E-state index >= 15 is 0 Å². The summed E-state index contributed by atoms with van der Waals surface area (Å²) in [4.78, 5) is 18.6. The normalized spacial score (nSPS) is 17.7. The minimum Gasteiger partial charge on any atom is -0.371 e. The number of aromatic nitrogens is 1. The Morgan fingerprint density at radius 3 is 2.92 bits per heavy atom. The summed E-state index contributed by atoms with van der Waals surface area (Å²) in [5, 5.41) is 3.34. The Kier molecular flexibility index (Phi) is 5.93. The van der Waals surface area contributed by atoms with E-state index in [0.29, 0.717) is 13.2 Å². The highest BCUT2D eigenvalue weighted by Crippen LogP contribution is 2.21. The average Bonchev–Trinajstić information content (AvgIpc) is 2.66. The van der Waals surface area contributed by atoms with E-state index in [1.807, 2.05) is 41.4 Å². The number of hydrogen-bond acceptors (Lipinski definition) is 4. The number of carbonyl (C=O) groups is 1. The molecule has 0 saturated carbocycles. The number of rotatable bonds is 6. The van der Waals surface area contributed by atoms with Gasteiger partial charge in [-0.2, -0.15) is 0 Å². The van der Waals surface area contributed by atoms with Gasteiger partial charge in [0.1, 0.15) is 6.61 Å². The van der Waals surface area contributed by atoms with E-state index in [9.17, 15) is 4.79 Å². The minimum atomic E-state index is 0.0256. The third-order valence-corrected chi connectivity index (χ3v) is 4.24. The van der Waals surface area contributed by atoms with Crippen LogP contribution in [0.3, 0.4) is 0 Å². The van der Waals surface area contributed by atoms with Crippen molar-refractivity contribution in [3.8, 4) is 0 Å². The molecule has 1 N–H and O–H groups in total. The summed E-state index contributed by atoms with van der Waals surface area (Å²) >= 11 is 0. The number of benzene rings is 1. The van der Waals surface area contributed by atoms with Crippen LogP contribution in [0.15, 0.2) is 54.9 Å². The van der Waals surface area contributed by atoms with Crippen molar-refractivity contribution in [3.63, 3.8) is 0 Å². The summed E-state index contributed by atoms with van der Waals surface area (Å²) in [6, 6.07) is 14.1. The number of amides is 1. The van der Waals surface area contributed by atoms with Crippen molar-refractivity contribution in [2.24, 2.45) is 0 Å². The maximum atomic E-state index is 12.5. The van der Waals surface area contributed by atoms with Crippen LogP contribution in [0.5, 0.6) is 0 Å². The molecule has 1 aromatic heterocycles. The standard InChI is InChI=1S/C19H23N3O2/c23-19(15-24-12-8-16-5-2-1-3-6-16)22-11-10-21-14-18(22)17-7-4-9-20-13-17/h1-7,9,13,18,21H,8,10-12,14-15H2. The molecule has 1 amide bonds. The first-order valence-corrected chi connectivity index (χ1v) is 8.36. The van der Waals surface area contributed by atoms with Gasteiger partial charge in [-0.25, -0.2) is 0 Å². The van der Waals surface area contributed by atoms with Gasteiger partial charge >= 0.3 is 0 Å². The van der Waals surface area contributed by atoms with Crippen molar-refractivity contribution in [1.29, 1.82) is 0 Å². The second kappa shape index (κ2) is 8.57. The molecule has 3 rings (SSSR count). The number of nitrogens with one attached hydrogen (secondary N) is 1. The fraction of sp³-hybridized carbons (Fsp3) is 0.368. The Labute approximate surface area is 142 Å². The van der Waals surface area contributed by atoms with Gasteiger partial charge in [0, 0.05) is 32.0 Å². The van der Waals surface area contributed by atoms with Crippen molar-refractivity contribution in [1.82, 2.24) is 15.2 Å². The maximum absolute atomic E-state index is 12.5. The SMILES string of the molecule is O=C(COCCc1ccccc1)N1CCNCC1c1cccnc1. The Balaban J connectivity index is 1.51. The molecule has 5 nitrogen and oxygen atoms in total. The summed E-state index contributed by atoms with van der Waals surface area (Å²) in [6.45, 7) is 2.94. The van der Waals surface area contributed by atoms with Crippen LogP contribution in [0, 0.1) is 0 Å². The molecule has 1 aliphatic heterocycles. The Hall–Kier alpha value is -2.24. The molecule has 1 fully saturated rings. The second-order valence-electron chi connectivity index (χ2n) is 5.88. The Morgan fingerprint density at radius 2 is 2.12 bits per heavy atom. The lowest BCUT2D eigenvalue weighted by atomic mass is 10.1. The maximum Gasteiger partial charge on any atom is 0.249 e. The number of hydrogen-bond donors (Lipinski definition) is 1. The Morgan fingerprint density at radius 1 is 1.25 bits per heavy atom. The van der Waals surface area contributed by atoms with Crippen LogP contribution < -0.4 is 5.32 Å². The molecule has 0 aliphatic carbocycles. The highest BCUT2D eigenvalue weighted by molar-refractivity contribution is 5.78. The molecule has 0 radical (unpaired) electrons. The molecular weight excluding hydrogens is 302 g/mol. The minimum absolute atomic E-state index is 0.0256. The summed E-state index contributed by atoms with van der Waals surface area (Å²) in [5.41, 5.74) is 2.28. The lowest BCUT2D eigenvalue weighted by Gasteiger charge is -2.36. The number of carbonyl (C=O) groups excluding carboxylic acids is 1. The summed E-state index contributed by atoms with van der Waals surface area (Å²) in [7, 11) is 0. The molecule has 1 atom stereocenters. The van der Waals surface area contributed by atoms with Gasteiger partial charge in [0.05, 0.1) is 12.6 Å². The highest BCUT2D eigenvalue weighted by atomic mass is 16.5. The Bertz CT molecular complexity index is 634. The molecule has 126 valence electrons. The zero-order valence-electron chi connectivity index (χ0n) is 13.7. The lowest BCUT2D eigenvalue weighted by Crippen LogP contribution is -2.49. The quantitative estimate of drug-likeness (QED) is 0.823. The van der Waals surface area contributed by atoms with Crippen molar-refractivity contribution in [2.45, 2.75) is 12.5 Å². The number of nitrogens with zero attached hydrogens (tertiary/aromatic N) is 2. The van der Waals surface area contributed by atoms with E-state index < -0.39 is 0 Å². The van der Waals surface area contributed by atoms with Crippen molar-refractivity contribution < 1.29 is 9.53 Å². The van der Waals surface area contributed by atoms with Gasteiger partial charge < -0.3 is 15.0 Å². The van der Waals surface area contributed by atoms with E-state index in [2.05, 4.69) is 22.4 Å². The number of pyridine rings is 1. The molecule has 1 unspecified atom stereocenters. The van der Waals surface area contributed by atoms with Crippen molar-refractivity contribution >= 4 is 5.91 Å². The predicted octanol–water partition coefficient (Wildman–Crippen LogP) is 1.81. The zero-order valence-corrected chi connectivity index (χ0v) is 13.7. The molecule has 24 heavy (non-hydrogen) atoms. The van der Waals surface area contributed by atoms with Crippen LogP contribution >= 0.6 is 0 Å². The predicted molar refractivity (Wildman–Crippen MR) is 92.5 cm³/mol. The number of ether oxygens (including phenoxy) is 1. The third-order valence-electron chi connectivity index (χ3n) is 4.24. The van der Waals surface area contributed by atoms with Crippen LogP contribution in [0.1, 0.15) is 17.2 Å². The van der Waals surface area contributed by atoms with E-state index in [-0.39, 0.29) is 18.6 Å². The zero-order chi connectivity index (χ0) is 16.6. The summed E-state index contributed by atoms with van der Waals surface area (Å²) in [5.74, 6) is 0.0402. The van der Waals surface area contributed by atoms with E-state index in [1.54, 1.807) is 6.20 Å². The smallest absolute Gasteiger partial charge is 0.249 e. The van der Waals surface area contributed by atoms with Gasteiger partial charge in [-0.05, 0) is 23.6 Å². The first kappa shape index (κ1) is 16.6. The summed E-state index contributed by atoms with van der Waals surface area (Å²) in [6.07, 6.45) is 4.40. The topological polar surface area (TPSA) is 54.5 Å². The number of piperazine rings is 1. The molecule has 1 aliphatic rings. The van der Waals surface area contributed by atoms with Gasteiger partial charge in [-0.15, -0.1) is 0 Å². The van der Waals surface area contributed by atoms with Gasteiger partial charge in [0.25, 0.3) is 0 Å². The molecule has 1 saturated heterocycles. The second-order valence-corrected chi connectivity index (χ2v) is 5.88. The van der Waals surface area contributed by atoms with Gasteiger partial charge in [-0.1, -0.05) is 36.4 Å². The van der Waals surface area contributed by atoms with Crippen LogP contribution in [-0.4, -0.2) is 48.6 Å². The fourth-order valence-corrected chi connectivity index (χ4v) is 2.95. The molecule has 1 aromatic carbocycles. The van der Waals surface area contributed by atoms with Gasteiger partial charge in [-0.3, -0.25) is 9.78 Å². The monoisotopic (exact) mass is 325 g/mol. The summed E-state index contributed by atoms with van der Waals surface area (Å²) < 4.78 is 5.61. The molecule has 2 heterocycles. The van der Waals surface area contributed by atoms with Crippen LogP contribution in [0.2, 0.25) is 0 Å². The molecule has 0 spiro atoms. The third kappa shape index (κ3) is 4.40. The van der Waals surface area contributed by atoms with E-state index in [4.69, 9.17) is 4.74 Å². The highest BCUT2D eigenvalue weighted by Gasteiger charge is 2.27. The average molecular weight is 325 g/mol. The lowest BCUT2D eigenvalue weighted by molar-refractivity contribution is -0.139.